The van der Waals surface area contributed by atoms with Crippen LogP contribution < -0.4 is 5.32 Å². The molecule has 8 heteroatoms. The van der Waals surface area contributed by atoms with Crippen molar-refractivity contribution >= 4 is 23.2 Å². The molecule has 1 saturated heterocycles. The minimum atomic E-state index is 0.0561. The highest BCUT2D eigenvalue weighted by molar-refractivity contribution is 6.30. The summed E-state index contributed by atoms with van der Waals surface area (Å²) in [6.45, 7) is 6.04. The molecule has 0 aliphatic carbocycles. The first-order valence-corrected chi connectivity index (χ1v) is 9.71. The highest BCUT2D eigenvalue weighted by Gasteiger charge is 2.26. The third-order valence-electron chi connectivity index (χ3n) is 4.83. The van der Waals surface area contributed by atoms with Crippen LogP contribution in [0.5, 0.6) is 0 Å². The van der Waals surface area contributed by atoms with Gasteiger partial charge >= 0.3 is 0 Å². The Labute approximate surface area is 165 Å². The van der Waals surface area contributed by atoms with Crippen molar-refractivity contribution in [3.05, 3.63) is 34.9 Å². The number of amides is 1. The molecule has 0 radical (unpaired) electrons. The van der Waals surface area contributed by atoms with Gasteiger partial charge in [0.1, 0.15) is 6.10 Å². The van der Waals surface area contributed by atoms with Gasteiger partial charge in [0, 0.05) is 57.8 Å². The molecule has 7 nitrogen and oxygen atoms in total. The molecule has 27 heavy (non-hydrogen) atoms. The molecule has 2 heterocycles. The lowest BCUT2D eigenvalue weighted by Gasteiger charge is -2.34. The van der Waals surface area contributed by atoms with E-state index in [4.69, 9.17) is 21.2 Å². The number of oxime groups is 1. The lowest BCUT2D eigenvalue weighted by Crippen LogP contribution is -2.51. The standard InChI is InChI=1S/C19H27ClN4O3/c1-26-11-6-21-19(25)14-24-9-7-23(8-10-24)13-17-12-18(22-27-17)15-2-4-16(20)5-3-15/h2-5,17H,6-14H2,1H3,(H,21,25)/t17-/m0/s1. The Morgan fingerprint density at radius 2 is 1.96 bits per heavy atom. The minimum Gasteiger partial charge on any atom is -0.390 e. The van der Waals surface area contributed by atoms with Gasteiger partial charge in [-0.25, -0.2) is 0 Å². The summed E-state index contributed by atoms with van der Waals surface area (Å²) < 4.78 is 4.94. The number of carbonyl (C=O) groups excluding carboxylic acids is 1. The van der Waals surface area contributed by atoms with Crippen LogP contribution >= 0.6 is 11.6 Å². The molecular formula is C19H27ClN4O3. The normalized spacial score (nSPS) is 21.0. The van der Waals surface area contributed by atoms with Gasteiger partial charge < -0.3 is 14.9 Å². The molecule has 1 amide bonds. The molecule has 2 aliphatic rings. The molecule has 148 valence electrons. The molecule has 2 aliphatic heterocycles. The number of piperazine rings is 1. The van der Waals surface area contributed by atoms with E-state index in [0.29, 0.717) is 19.7 Å². The summed E-state index contributed by atoms with van der Waals surface area (Å²) in [5, 5.41) is 7.83. The smallest absolute Gasteiger partial charge is 0.234 e. The van der Waals surface area contributed by atoms with Crippen molar-refractivity contribution in [2.45, 2.75) is 12.5 Å². The van der Waals surface area contributed by atoms with E-state index in [9.17, 15) is 4.79 Å². The Morgan fingerprint density at radius 3 is 2.67 bits per heavy atom. The zero-order valence-electron chi connectivity index (χ0n) is 15.7. The van der Waals surface area contributed by atoms with E-state index in [1.54, 1.807) is 7.11 Å². The Bertz CT molecular complexity index is 645. The summed E-state index contributed by atoms with van der Waals surface area (Å²) in [5.41, 5.74) is 2.04. The molecule has 0 aromatic heterocycles. The number of rotatable bonds is 8. The Hall–Kier alpha value is -1.67. The Kier molecular flexibility index (Phi) is 7.46. The number of halogens is 1. The molecule has 1 fully saturated rings. The third-order valence-corrected chi connectivity index (χ3v) is 5.08. The first-order valence-electron chi connectivity index (χ1n) is 9.33. The van der Waals surface area contributed by atoms with Gasteiger partial charge in [-0.2, -0.15) is 0 Å². The van der Waals surface area contributed by atoms with Crippen molar-refractivity contribution in [2.24, 2.45) is 5.16 Å². The fourth-order valence-corrected chi connectivity index (χ4v) is 3.43. The predicted octanol–water partition coefficient (Wildman–Crippen LogP) is 1.21. The monoisotopic (exact) mass is 394 g/mol. The van der Waals surface area contributed by atoms with E-state index in [-0.39, 0.29) is 12.0 Å². The maximum atomic E-state index is 11.9. The molecule has 1 aromatic rings. The van der Waals surface area contributed by atoms with Gasteiger partial charge in [-0.1, -0.05) is 28.9 Å². The highest BCUT2D eigenvalue weighted by Crippen LogP contribution is 2.19. The third kappa shape index (κ3) is 6.17. The number of nitrogens with zero attached hydrogens (tertiary/aromatic N) is 3. The maximum Gasteiger partial charge on any atom is 0.234 e. The van der Waals surface area contributed by atoms with Crippen LogP contribution in [0.1, 0.15) is 12.0 Å². The Morgan fingerprint density at radius 1 is 1.26 bits per heavy atom. The zero-order chi connectivity index (χ0) is 19.1. The van der Waals surface area contributed by atoms with Crippen molar-refractivity contribution in [1.82, 2.24) is 15.1 Å². The number of carbonyl (C=O) groups is 1. The van der Waals surface area contributed by atoms with Crippen molar-refractivity contribution in [1.29, 1.82) is 0 Å². The Balaban J connectivity index is 1.35. The van der Waals surface area contributed by atoms with Crippen LogP contribution in [0.3, 0.4) is 0 Å². The second kappa shape index (κ2) is 10.0. The fraction of sp³-hybridized carbons (Fsp3) is 0.579. The van der Waals surface area contributed by atoms with E-state index in [0.717, 1.165) is 55.4 Å². The second-order valence-corrected chi connectivity index (χ2v) is 7.33. The van der Waals surface area contributed by atoms with E-state index in [2.05, 4.69) is 20.3 Å². The number of benzene rings is 1. The van der Waals surface area contributed by atoms with E-state index in [1.165, 1.54) is 0 Å². The molecule has 0 saturated carbocycles. The number of ether oxygens (including phenoxy) is 1. The van der Waals surface area contributed by atoms with Gasteiger partial charge in [0.15, 0.2) is 0 Å². The summed E-state index contributed by atoms with van der Waals surface area (Å²) in [6.07, 6.45) is 0.892. The summed E-state index contributed by atoms with van der Waals surface area (Å²) in [4.78, 5) is 22.1. The first kappa shape index (κ1) is 20.1. The topological polar surface area (TPSA) is 66.4 Å². The second-order valence-electron chi connectivity index (χ2n) is 6.90. The van der Waals surface area contributed by atoms with Crippen LogP contribution in [0.15, 0.2) is 29.4 Å². The van der Waals surface area contributed by atoms with Gasteiger partial charge in [-0.05, 0) is 17.7 Å². The largest absolute Gasteiger partial charge is 0.390 e. The molecule has 3 rings (SSSR count). The molecule has 0 spiro atoms. The van der Waals surface area contributed by atoms with Crippen LogP contribution in [-0.2, 0) is 14.4 Å². The highest BCUT2D eigenvalue weighted by atomic mass is 35.5. The van der Waals surface area contributed by atoms with E-state index < -0.39 is 0 Å². The lowest BCUT2D eigenvalue weighted by atomic mass is 10.0. The SMILES string of the molecule is COCCNC(=O)CN1CCN(C[C@@H]2CC(c3ccc(Cl)cc3)=NO2)CC1. The molecule has 1 N–H and O–H groups in total. The van der Waals surface area contributed by atoms with Crippen molar-refractivity contribution < 1.29 is 14.4 Å². The minimum absolute atomic E-state index is 0.0561. The number of methoxy groups -OCH3 is 1. The van der Waals surface area contributed by atoms with Gasteiger partial charge in [0.2, 0.25) is 5.91 Å². The van der Waals surface area contributed by atoms with Crippen molar-refractivity contribution in [2.75, 3.05) is 59.5 Å². The quantitative estimate of drug-likeness (QED) is 0.671. The molecule has 0 unspecified atom stereocenters. The van der Waals surface area contributed by atoms with Gasteiger partial charge in [0.05, 0.1) is 18.9 Å². The average Bonchev–Trinajstić information content (AvgIpc) is 3.13. The van der Waals surface area contributed by atoms with Crippen LogP contribution in [0.25, 0.3) is 0 Å². The first-order chi connectivity index (χ1) is 13.1. The van der Waals surface area contributed by atoms with Crippen LogP contribution in [0, 0.1) is 0 Å². The van der Waals surface area contributed by atoms with Crippen LogP contribution in [0.2, 0.25) is 5.02 Å². The fourth-order valence-electron chi connectivity index (χ4n) is 3.31. The molecule has 0 bridgehead atoms. The summed E-state index contributed by atoms with van der Waals surface area (Å²) in [6, 6.07) is 7.70. The van der Waals surface area contributed by atoms with E-state index in [1.807, 2.05) is 24.3 Å². The summed E-state index contributed by atoms with van der Waals surface area (Å²) in [5.74, 6) is 0.0561. The average molecular weight is 395 g/mol. The maximum absolute atomic E-state index is 11.9. The number of hydrogen-bond donors (Lipinski definition) is 1. The van der Waals surface area contributed by atoms with Gasteiger partial charge in [0.25, 0.3) is 0 Å². The lowest BCUT2D eigenvalue weighted by molar-refractivity contribution is -0.122. The predicted molar refractivity (Wildman–Crippen MR) is 105 cm³/mol. The van der Waals surface area contributed by atoms with E-state index >= 15 is 0 Å². The van der Waals surface area contributed by atoms with Crippen LogP contribution in [-0.4, -0.2) is 87.1 Å². The molecular weight excluding hydrogens is 368 g/mol. The van der Waals surface area contributed by atoms with Crippen molar-refractivity contribution in [3.63, 3.8) is 0 Å². The number of hydrogen-bond acceptors (Lipinski definition) is 6. The molecule has 1 aromatic carbocycles. The summed E-state index contributed by atoms with van der Waals surface area (Å²) >= 11 is 5.94. The summed E-state index contributed by atoms with van der Waals surface area (Å²) in [7, 11) is 1.63. The van der Waals surface area contributed by atoms with Crippen molar-refractivity contribution in [3.8, 4) is 0 Å². The van der Waals surface area contributed by atoms with Gasteiger partial charge in [-0.15, -0.1) is 0 Å². The van der Waals surface area contributed by atoms with Crippen LogP contribution in [0.4, 0.5) is 0 Å². The number of nitrogens with one attached hydrogen (secondary N) is 1. The van der Waals surface area contributed by atoms with Gasteiger partial charge in [-0.3, -0.25) is 14.6 Å². The molecule has 1 atom stereocenters. The zero-order valence-corrected chi connectivity index (χ0v) is 16.5.